The molecule has 5 heteroatoms. The minimum Gasteiger partial charge on any atom is -0.548 e. The number of carbonyl (C=O) groups is 3. The Kier molecular flexibility index (Phi) is 3.17. The summed E-state index contributed by atoms with van der Waals surface area (Å²) in [5, 5.41) is 11.0. The molecule has 2 fully saturated rings. The molecule has 94 valence electrons. The zero-order chi connectivity index (χ0) is 12.6. The van der Waals surface area contributed by atoms with Gasteiger partial charge in [-0.1, -0.05) is 19.8 Å². The van der Waals surface area contributed by atoms with Crippen molar-refractivity contribution in [1.29, 1.82) is 0 Å². The minimum atomic E-state index is -1.34. The van der Waals surface area contributed by atoms with Gasteiger partial charge in [0.25, 0.3) is 0 Å². The maximum absolute atomic E-state index is 12.1. The zero-order valence-electron chi connectivity index (χ0n) is 9.85. The number of carbonyl (C=O) groups excluding carboxylic acids is 3. The van der Waals surface area contributed by atoms with Crippen LogP contribution < -0.4 is 5.11 Å². The van der Waals surface area contributed by atoms with E-state index in [0.717, 1.165) is 17.7 Å². The van der Waals surface area contributed by atoms with E-state index in [9.17, 15) is 19.5 Å². The molecule has 2 rings (SSSR count). The molecule has 1 saturated heterocycles. The van der Waals surface area contributed by atoms with E-state index in [1.165, 1.54) is 0 Å². The van der Waals surface area contributed by atoms with Gasteiger partial charge in [0.05, 0.1) is 23.8 Å². The number of imide groups is 1. The number of amides is 2. The molecule has 2 aliphatic rings. The largest absolute Gasteiger partial charge is 0.548 e. The molecule has 3 atom stereocenters. The Morgan fingerprint density at radius 2 is 1.76 bits per heavy atom. The summed E-state index contributed by atoms with van der Waals surface area (Å²) in [6.45, 7) is 1.64. The van der Waals surface area contributed by atoms with E-state index in [4.69, 9.17) is 0 Å². The third-order valence-corrected chi connectivity index (χ3v) is 3.85. The van der Waals surface area contributed by atoms with Crippen LogP contribution in [0.1, 0.15) is 39.0 Å². The Labute approximate surface area is 99.8 Å². The quantitative estimate of drug-likeness (QED) is 0.632. The molecule has 5 nitrogen and oxygen atoms in total. The first kappa shape index (κ1) is 12.1. The highest BCUT2D eigenvalue weighted by atomic mass is 16.4. The number of hydrogen-bond donors (Lipinski definition) is 0. The van der Waals surface area contributed by atoms with Crippen molar-refractivity contribution in [2.24, 2.45) is 11.8 Å². The third kappa shape index (κ3) is 1.83. The van der Waals surface area contributed by atoms with Crippen LogP contribution in [0.3, 0.4) is 0 Å². The maximum Gasteiger partial charge on any atom is 0.233 e. The first-order chi connectivity index (χ1) is 8.07. The number of nitrogens with zero attached hydrogens (tertiary/aromatic N) is 1. The lowest BCUT2D eigenvalue weighted by Gasteiger charge is -2.26. The van der Waals surface area contributed by atoms with Crippen molar-refractivity contribution in [3.8, 4) is 0 Å². The second kappa shape index (κ2) is 4.47. The van der Waals surface area contributed by atoms with E-state index in [1.807, 2.05) is 0 Å². The number of hydrogen-bond acceptors (Lipinski definition) is 4. The van der Waals surface area contributed by atoms with Gasteiger partial charge in [-0.15, -0.1) is 0 Å². The van der Waals surface area contributed by atoms with Crippen LogP contribution >= 0.6 is 0 Å². The molecule has 0 bridgehead atoms. The molecular formula is C12H16NO4-. The second-order valence-electron chi connectivity index (χ2n) is 4.79. The van der Waals surface area contributed by atoms with Crippen molar-refractivity contribution in [3.05, 3.63) is 0 Å². The molecule has 2 amide bonds. The lowest BCUT2D eigenvalue weighted by molar-refractivity contribution is -0.311. The molecule has 1 aliphatic heterocycles. The van der Waals surface area contributed by atoms with E-state index in [-0.39, 0.29) is 30.1 Å². The zero-order valence-corrected chi connectivity index (χ0v) is 9.85. The van der Waals surface area contributed by atoms with Crippen LogP contribution in [0, 0.1) is 11.8 Å². The summed E-state index contributed by atoms with van der Waals surface area (Å²) in [5.41, 5.74) is 0. The molecule has 0 spiro atoms. The van der Waals surface area contributed by atoms with E-state index in [1.54, 1.807) is 6.92 Å². The van der Waals surface area contributed by atoms with Gasteiger partial charge in [-0.05, 0) is 19.3 Å². The molecular weight excluding hydrogens is 222 g/mol. The van der Waals surface area contributed by atoms with Crippen LogP contribution in [-0.2, 0) is 14.4 Å². The molecule has 1 aliphatic carbocycles. The Balaban J connectivity index is 2.26. The molecule has 17 heavy (non-hydrogen) atoms. The number of aliphatic carboxylic acids is 1. The predicted molar refractivity (Wildman–Crippen MR) is 56.4 cm³/mol. The standard InChI is InChI=1S/C12H17NO4/c1-2-9(12(16)17)13-10(14)7-5-3-4-6-8(7)11(13)15/h7-9H,2-6H2,1H3,(H,16,17)/p-1/t7-,8-,9+/m0/s1. The molecule has 0 N–H and O–H groups in total. The van der Waals surface area contributed by atoms with E-state index in [0.29, 0.717) is 12.8 Å². The van der Waals surface area contributed by atoms with Gasteiger partial charge in [-0.2, -0.15) is 0 Å². The van der Waals surface area contributed by atoms with E-state index >= 15 is 0 Å². The van der Waals surface area contributed by atoms with Crippen LogP contribution in [0.15, 0.2) is 0 Å². The van der Waals surface area contributed by atoms with Gasteiger partial charge < -0.3 is 9.90 Å². The van der Waals surface area contributed by atoms with Crippen molar-refractivity contribution in [1.82, 2.24) is 4.90 Å². The molecule has 0 unspecified atom stereocenters. The highest BCUT2D eigenvalue weighted by Crippen LogP contribution is 2.39. The van der Waals surface area contributed by atoms with Gasteiger partial charge in [0.15, 0.2) is 0 Å². The van der Waals surface area contributed by atoms with Gasteiger partial charge in [-0.3, -0.25) is 14.5 Å². The summed E-state index contributed by atoms with van der Waals surface area (Å²) in [7, 11) is 0. The molecule has 0 radical (unpaired) electrons. The maximum atomic E-state index is 12.1. The fourth-order valence-electron chi connectivity index (χ4n) is 2.95. The van der Waals surface area contributed by atoms with Crippen molar-refractivity contribution in [2.45, 2.75) is 45.1 Å². The van der Waals surface area contributed by atoms with Gasteiger partial charge in [0.1, 0.15) is 0 Å². The van der Waals surface area contributed by atoms with Crippen LogP contribution in [-0.4, -0.2) is 28.7 Å². The van der Waals surface area contributed by atoms with Crippen LogP contribution in [0.2, 0.25) is 0 Å². The lowest BCUT2D eigenvalue weighted by atomic mass is 9.81. The summed E-state index contributed by atoms with van der Waals surface area (Å²) < 4.78 is 0. The Morgan fingerprint density at radius 3 is 2.12 bits per heavy atom. The first-order valence-electron chi connectivity index (χ1n) is 6.15. The van der Waals surface area contributed by atoms with Gasteiger partial charge in [0, 0.05) is 0 Å². The Hall–Kier alpha value is -1.39. The molecule has 0 aromatic carbocycles. The highest BCUT2D eigenvalue weighted by molar-refractivity contribution is 6.07. The van der Waals surface area contributed by atoms with E-state index in [2.05, 4.69) is 0 Å². The number of carboxylic acid groups (broad SMARTS) is 1. The predicted octanol–water partition coefficient (Wildman–Crippen LogP) is -0.310. The summed E-state index contributed by atoms with van der Waals surface area (Å²) in [6.07, 6.45) is 3.50. The topological polar surface area (TPSA) is 77.5 Å². The number of fused-ring (bicyclic) bond motifs is 1. The smallest absolute Gasteiger partial charge is 0.233 e. The van der Waals surface area contributed by atoms with E-state index < -0.39 is 12.0 Å². The average molecular weight is 238 g/mol. The normalized spacial score (nSPS) is 30.3. The van der Waals surface area contributed by atoms with Crippen molar-refractivity contribution < 1.29 is 19.5 Å². The Morgan fingerprint density at radius 1 is 1.29 bits per heavy atom. The highest BCUT2D eigenvalue weighted by Gasteiger charge is 2.50. The molecule has 1 saturated carbocycles. The van der Waals surface area contributed by atoms with Crippen molar-refractivity contribution in [2.75, 3.05) is 0 Å². The van der Waals surface area contributed by atoms with Crippen molar-refractivity contribution >= 4 is 17.8 Å². The first-order valence-corrected chi connectivity index (χ1v) is 6.15. The molecule has 1 heterocycles. The number of rotatable bonds is 3. The van der Waals surface area contributed by atoms with Gasteiger partial charge in [-0.25, -0.2) is 0 Å². The summed E-state index contributed by atoms with van der Waals surface area (Å²) in [5.74, 6) is -2.53. The average Bonchev–Trinajstić information content (AvgIpc) is 2.56. The Bertz CT molecular complexity index is 342. The SMILES string of the molecule is CC[C@H](C(=O)[O-])N1C(=O)[C@H]2CCCC[C@@H]2C1=O. The summed E-state index contributed by atoms with van der Waals surface area (Å²) in [4.78, 5) is 36.0. The van der Waals surface area contributed by atoms with Crippen LogP contribution in [0.4, 0.5) is 0 Å². The molecule has 0 aromatic rings. The van der Waals surface area contributed by atoms with Crippen molar-refractivity contribution in [3.63, 3.8) is 0 Å². The van der Waals surface area contributed by atoms with Gasteiger partial charge in [0.2, 0.25) is 11.8 Å². The van der Waals surface area contributed by atoms with Crippen LogP contribution in [0.25, 0.3) is 0 Å². The summed E-state index contributed by atoms with van der Waals surface area (Å²) >= 11 is 0. The minimum absolute atomic E-state index is 0.208. The fourth-order valence-corrected chi connectivity index (χ4v) is 2.95. The number of likely N-dealkylation sites (tertiary alicyclic amines) is 1. The monoisotopic (exact) mass is 238 g/mol. The lowest BCUT2D eigenvalue weighted by Crippen LogP contribution is -2.50. The molecule has 0 aromatic heterocycles. The second-order valence-corrected chi connectivity index (χ2v) is 4.79. The van der Waals surface area contributed by atoms with Gasteiger partial charge >= 0.3 is 0 Å². The number of carboxylic acids is 1. The third-order valence-electron chi connectivity index (χ3n) is 3.85. The van der Waals surface area contributed by atoms with Crippen LogP contribution in [0.5, 0.6) is 0 Å². The fraction of sp³-hybridized carbons (Fsp3) is 0.750. The summed E-state index contributed by atoms with van der Waals surface area (Å²) in [6, 6.07) is -1.10.